The van der Waals surface area contributed by atoms with Gasteiger partial charge >= 0.3 is 11.9 Å². The van der Waals surface area contributed by atoms with E-state index in [-0.39, 0.29) is 34.1 Å². The van der Waals surface area contributed by atoms with E-state index in [1.54, 1.807) is 49.4 Å². The molecule has 1 aromatic heterocycles. The summed E-state index contributed by atoms with van der Waals surface area (Å²) in [6.07, 6.45) is 2.96. The number of aryl methyl sites for hydroxylation is 1. The fourth-order valence-corrected chi connectivity index (χ4v) is 6.12. The summed E-state index contributed by atoms with van der Waals surface area (Å²) in [5.41, 5.74) is 2.12. The molecule has 10 heteroatoms. The van der Waals surface area contributed by atoms with Crippen LogP contribution in [-0.2, 0) is 20.7 Å². The Hall–Kier alpha value is -4.44. The maximum absolute atomic E-state index is 13.7. The predicted molar refractivity (Wildman–Crippen MR) is 164 cm³/mol. The second-order valence-electron chi connectivity index (χ2n) is 11.0. The minimum atomic E-state index is -1.03. The smallest absolute Gasteiger partial charge is 0.350 e. The molecule has 3 aromatic rings. The molecule has 0 spiro atoms. The van der Waals surface area contributed by atoms with E-state index in [1.165, 1.54) is 11.0 Å². The molecule has 2 aromatic carbocycles. The van der Waals surface area contributed by atoms with E-state index < -0.39 is 23.7 Å². The second kappa shape index (κ2) is 12.4. The van der Waals surface area contributed by atoms with Crippen LogP contribution in [0.15, 0.2) is 60.7 Å². The molecule has 1 saturated heterocycles. The molecular weight excluding hydrogens is 568 g/mol. The first kappa shape index (κ1) is 30.0. The average Bonchev–Trinajstić information content (AvgIpc) is 3.62. The van der Waals surface area contributed by atoms with Gasteiger partial charge in [0, 0.05) is 12.0 Å². The summed E-state index contributed by atoms with van der Waals surface area (Å²) in [5, 5.41) is 11.8. The van der Waals surface area contributed by atoms with Crippen LogP contribution in [0, 0.1) is 12.8 Å². The number of aliphatic hydroxyl groups is 1. The lowest BCUT2D eigenvalue weighted by Crippen LogP contribution is -2.29. The van der Waals surface area contributed by atoms with Gasteiger partial charge < -0.3 is 19.3 Å². The zero-order valence-electron chi connectivity index (χ0n) is 24.6. The van der Waals surface area contributed by atoms with Crippen molar-refractivity contribution in [2.75, 3.05) is 18.1 Å². The van der Waals surface area contributed by atoms with Crippen molar-refractivity contribution in [3.63, 3.8) is 0 Å². The molecule has 2 atom stereocenters. The van der Waals surface area contributed by atoms with E-state index >= 15 is 0 Å². The summed E-state index contributed by atoms with van der Waals surface area (Å²) in [5.74, 6) is -0.894. The minimum absolute atomic E-state index is 0.00285. The predicted octanol–water partition coefficient (Wildman–Crippen LogP) is 6.17. The Bertz CT molecular complexity index is 1620. The lowest BCUT2D eigenvalue weighted by molar-refractivity contribution is -0.132. The van der Waals surface area contributed by atoms with Crippen molar-refractivity contribution in [3.05, 3.63) is 88.0 Å². The van der Waals surface area contributed by atoms with Crippen LogP contribution in [0.2, 0.25) is 0 Å². The number of carbonyl (C=O) groups is 3. The molecule has 2 aliphatic heterocycles. The average molecular weight is 603 g/mol. The van der Waals surface area contributed by atoms with Crippen LogP contribution in [0.5, 0.6) is 11.5 Å². The minimum Gasteiger partial charge on any atom is -0.507 e. The number of aromatic nitrogens is 1. The first-order chi connectivity index (χ1) is 20.6. The van der Waals surface area contributed by atoms with Gasteiger partial charge in [0.2, 0.25) is 0 Å². The number of ketones is 1. The molecule has 3 heterocycles. The Balaban J connectivity index is 1.62. The highest BCUT2D eigenvalue weighted by molar-refractivity contribution is 7.17. The summed E-state index contributed by atoms with van der Waals surface area (Å²) in [7, 11) is 0. The Morgan fingerprint density at radius 1 is 1.26 bits per heavy atom. The number of ether oxygens (including phenoxy) is 3. The van der Waals surface area contributed by atoms with Gasteiger partial charge in [-0.1, -0.05) is 50.0 Å². The van der Waals surface area contributed by atoms with Crippen LogP contribution >= 0.6 is 11.3 Å². The molecular formula is C33H34N2O7S. The fourth-order valence-electron chi connectivity index (χ4n) is 5.13. The number of fused-ring (bicyclic) bond motifs is 1. The molecule has 9 nitrogen and oxygen atoms in total. The normalized spacial score (nSPS) is 19.0. The number of aliphatic hydroxyl groups excluding tert-OH is 1. The Kier molecular flexibility index (Phi) is 8.68. The quantitative estimate of drug-likeness (QED) is 0.0964. The molecule has 2 aliphatic rings. The molecule has 0 saturated carbocycles. The molecule has 5 rings (SSSR count). The van der Waals surface area contributed by atoms with Crippen LogP contribution in [0.1, 0.15) is 65.3 Å². The zero-order chi connectivity index (χ0) is 30.8. The standard InChI is InChI=1S/C33H34N2O7S/c1-6-13-41-32(39)30-20(5)34-33(43-30)35-27(21-8-7-9-24(17-21)40-14-12-18(2)3)26(29(37)31(35)38)28(36)22-10-11-25-23(16-22)15-19(4)42-25/h6-11,16-19,27,36H,1,12-15H2,2-5H3/b28-26+/t19-,27+/m1/s1. The number of hydrogen-bond acceptors (Lipinski definition) is 9. The zero-order valence-corrected chi connectivity index (χ0v) is 25.4. The van der Waals surface area contributed by atoms with Gasteiger partial charge in [0.15, 0.2) is 5.13 Å². The van der Waals surface area contributed by atoms with Crippen molar-refractivity contribution >= 4 is 39.9 Å². The Morgan fingerprint density at radius 3 is 2.79 bits per heavy atom. The monoisotopic (exact) mass is 602 g/mol. The van der Waals surface area contributed by atoms with E-state index in [1.807, 2.05) is 6.92 Å². The van der Waals surface area contributed by atoms with Crippen molar-refractivity contribution in [2.45, 2.75) is 52.7 Å². The third kappa shape index (κ3) is 6.06. The maximum atomic E-state index is 13.7. The summed E-state index contributed by atoms with van der Waals surface area (Å²) in [6.45, 7) is 11.9. The topological polar surface area (TPSA) is 115 Å². The number of nitrogens with zero attached hydrogens (tertiary/aromatic N) is 2. The van der Waals surface area contributed by atoms with Crippen LogP contribution in [0.3, 0.4) is 0 Å². The number of carbonyl (C=O) groups excluding carboxylic acids is 3. The van der Waals surface area contributed by atoms with Crippen molar-refractivity contribution in [1.82, 2.24) is 4.98 Å². The second-order valence-corrected chi connectivity index (χ2v) is 12.0. The van der Waals surface area contributed by atoms with E-state index in [2.05, 4.69) is 25.4 Å². The van der Waals surface area contributed by atoms with Gasteiger partial charge in [0.1, 0.15) is 34.8 Å². The van der Waals surface area contributed by atoms with E-state index in [4.69, 9.17) is 14.2 Å². The molecule has 43 heavy (non-hydrogen) atoms. The molecule has 1 amide bonds. The molecule has 0 unspecified atom stereocenters. The molecule has 0 radical (unpaired) electrons. The largest absolute Gasteiger partial charge is 0.507 e. The van der Waals surface area contributed by atoms with Crippen molar-refractivity contribution in [2.24, 2.45) is 5.92 Å². The third-order valence-corrected chi connectivity index (χ3v) is 8.40. The van der Waals surface area contributed by atoms with Gasteiger partial charge in [0.05, 0.1) is 23.9 Å². The first-order valence-electron chi connectivity index (χ1n) is 14.2. The van der Waals surface area contributed by atoms with E-state index in [9.17, 15) is 19.5 Å². The molecule has 224 valence electrons. The molecule has 0 bridgehead atoms. The third-order valence-electron chi connectivity index (χ3n) is 7.26. The van der Waals surface area contributed by atoms with Crippen molar-refractivity contribution in [3.8, 4) is 11.5 Å². The van der Waals surface area contributed by atoms with Crippen LogP contribution in [-0.4, -0.2) is 47.1 Å². The van der Waals surface area contributed by atoms with Gasteiger partial charge in [-0.25, -0.2) is 9.78 Å². The summed E-state index contributed by atoms with van der Waals surface area (Å²) < 4.78 is 17.0. The van der Waals surface area contributed by atoms with E-state index in [0.717, 1.165) is 29.1 Å². The number of rotatable bonds is 10. The van der Waals surface area contributed by atoms with Gasteiger partial charge in [-0.15, -0.1) is 0 Å². The Morgan fingerprint density at radius 2 is 2.05 bits per heavy atom. The molecule has 0 aliphatic carbocycles. The van der Waals surface area contributed by atoms with Crippen molar-refractivity contribution < 1.29 is 33.7 Å². The lowest BCUT2D eigenvalue weighted by Gasteiger charge is -2.23. The summed E-state index contributed by atoms with van der Waals surface area (Å²) in [6, 6.07) is 11.3. The lowest BCUT2D eigenvalue weighted by atomic mass is 9.94. The first-order valence-corrected chi connectivity index (χ1v) is 15.0. The highest BCUT2D eigenvalue weighted by Gasteiger charge is 2.48. The number of benzene rings is 2. The number of anilines is 1. The van der Waals surface area contributed by atoms with Crippen molar-refractivity contribution in [1.29, 1.82) is 0 Å². The van der Waals surface area contributed by atoms with Crippen LogP contribution in [0.25, 0.3) is 5.76 Å². The van der Waals surface area contributed by atoms with Gasteiger partial charge in [-0.05, 0) is 67.6 Å². The fraction of sp³-hybridized carbons (Fsp3) is 0.333. The van der Waals surface area contributed by atoms with Crippen LogP contribution in [0.4, 0.5) is 5.13 Å². The summed E-state index contributed by atoms with van der Waals surface area (Å²) in [4.78, 5) is 46.0. The maximum Gasteiger partial charge on any atom is 0.350 e. The highest BCUT2D eigenvalue weighted by atomic mass is 32.1. The Labute approximate surface area is 254 Å². The van der Waals surface area contributed by atoms with Crippen LogP contribution < -0.4 is 14.4 Å². The molecule has 1 fully saturated rings. The number of Topliss-reactive ketones (excluding diaryl/α,β-unsaturated/α-hetero) is 1. The van der Waals surface area contributed by atoms with E-state index in [0.29, 0.717) is 41.5 Å². The van der Waals surface area contributed by atoms with Gasteiger partial charge in [-0.3, -0.25) is 14.5 Å². The number of amides is 1. The summed E-state index contributed by atoms with van der Waals surface area (Å²) >= 11 is 0.948. The molecule has 1 N–H and O–H groups in total. The highest BCUT2D eigenvalue weighted by Crippen LogP contribution is 2.45. The number of hydrogen-bond donors (Lipinski definition) is 1. The number of esters is 1. The van der Waals surface area contributed by atoms with Gasteiger partial charge in [0.25, 0.3) is 5.78 Å². The SMILES string of the molecule is C=CCOC(=O)c1sc(N2C(=O)C(=O)/C(=C(/O)c3ccc4c(c3)C[C@@H](C)O4)[C@@H]2c2cccc(OCCC(C)C)c2)nc1C. The van der Waals surface area contributed by atoms with Gasteiger partial charge in [-0.2, -0.15) is 0 Å². The number of thiazole rings is 1.